The molecule has 3 atom stereocenters. The van der Waals surface area contributed by atoms with Crippen molar-refractivity contribution in [3.63, 3.8) is 0 Å². The van der Waals surface area contributed by atoms with E-state index in [4.69, 9.17) is 0 Å². The lowest BCUT2D eigenvalue weighted by atomic mass is 9.68. The second-order valence-electron chi connectivity index (χ2n) is 6.78. The molecule has 120 valence electrons. The van der Waals surface area contributed by atoms with Crippen molar-refractivity contribution in [2.45, 2.75) is 75.4 Å². The van der Waals surface area contributed by atoms with Gasteiger partial charge in [0.25, 0.3) is 0 Å². The van der Waals surface area contributed by atoms with Crippen LogP contribution in [0.4, 0.5) is 0 Å². The highest BCUT2D eigenvalue weighted by Gasteiger charge is 2.37. The van der Waals surface area contributed by atoms with Gasteiger partial charge in [-0.25, -0.2) is 4.98 Å². The van der Waals surface area contributed by atoms with Crippen LogP contribution in [0.5, 0.6) is 0 Å². The van der Waals surface area contributed by atoms with Crippen LogP contribution in [0.3, 0.4) is 0 Å². The van der Waals surface area contributed by atoms with Gasteiger partial charge in [0.1, 0.15) is 6.33 Å². The van der Waals surface area contributed by atoms with Crippen LogP contribution in [0, 0.1) is 11.3 Å². The highest BCUT2D eigenvalue weighted by molar-refractivity contribution is 8.01. The SMILES string of the molecule is CCCNC1CCC(C(C)(C)CC)CC1Sc1ncns1. The van der Waals surface area contributed by atoms with Gasteiger partial charge in [0.05, 0.1) is 0 Å². The van der Waals surface area contributed by atoms with Crippen molar-refractivity contribution in [3.05, 3.63) is 6.33 Å². The van der Waals surface area contributed by atoms with E-state index in [-0.39, 0.29) is 0 Å². The van der Waals surface area contributed by atoms with E-state index >= 15 is 0 Å². The van der Waals surface area contributed by atoms with E-state index < -0.39 is 0 Å². The first kappa shape index (κ1) is 17.2. The molecule has 0 bridgehead atoms. The summed E-state index contributed by atoms with van der Waals surface area (Å²) in [6.45, 7) is 10.6. The number of rotatable bonds is 7. The Hall–Kier alpha value is -0.130. The fourth-order valence-corrected chi connectivity index (χ4v) is 5.21. The summed E-state index contributed by atoms with van der Waals surface area (Å²) in [5.41, 5.74) is 0.454. The first-order valence-electron chi connectivity index (χ1n) is 8.23. The maximum atomic E-state index is 4.38. The molecule has 1 aliphatic carbocycles. The Balaban J connectivity index is 2.03. The summed E-state index contributed by atoms with van der Waals surface area (Å²) >= 11 is 3.47. The lowest BCUT2D eigenvalue weighted by Crippen LogP contribution is -2.45. The average Bonchev–Trinajstić information content (AvgIpc) is 2.98. The highest BCUT2D eigenvalue weighted by atomic mass is 32.2. The minimum absolute atomic E-state index is 0.454. The van der Waals surface area contributed by atoms with E-state index in [9.17, 15) is 0 Å². The third-order valence-corrected chi connectivity index (χ3v) is 7.16. The zero-order valence-corrected chi connectivity index (χ0v) is 15.4. The van der Waals surface area contributed by atoms with Gasteiger partial charge < -0.3 is 5.32 Å². The Kier molecular flexibility index (Phi) is 6.51. The molecule has 2 rings (SSSR count). The number of thioether (sulfide) groups is 1. The van der Waals surface area contributed by atoms with Gasteiger partial charge >= 0.3 is 0 Å². The fourth-order valence-electron chi connectivity index (χ4n) is 3.17. The molecule has 0 saturated heterocycles. The van der Waals surface area contributed by atoms with Gasteiger partial charge in [0, 0.05) is 11.3 Å². The molecule has 1 N–H and O–H groups in total. The Bertz CT molecular complexity index is 406. The quantitative estimate of drug-likeness (QED) is 0.794. The van der Waals surface area contributed by atoms with Gasteiger partial charge in [-0.15, -0.1) is 0 Å². The zero-order valence-electron chi connectivity index (χ0n) is 13.8. The van der Waals surface area contributed by atoms with Crippen LogP contribution in [0.1, 0.15) is 59.8 Å². The van der Waals surface area contributed by atoms with E-state index in [0.717, 1.165) is 16.8 Å². The zero-order chi connectivity index (χ0) is 15.3. The predicted molar refractivity (Wildman–Crippen MR) is 93.0 cm³/mol. The maximum absolute atomic E-state index is 4.38. The van der Waals surface area contributed by atoms with Crippen LogP contribution in [0.2, 0.25) is 0 Å². The summed E-state index contributed by atoms with van der Waals surface area (Å²) in [5.74, 6) is 0.826. The molecule has 5 heteroatoms. The fraction of sp³-hybridized carbons (Fsp3) is 0.875. The molecule has 1 heterocycles. The molecule has 1 aromatic rings. The molecule has 1 aromatic heterocycles. The number of hydrogen-bond acceptors (Lipinski definition) is 5. The minimum Gasteiger partial charge on any atom is -0.313 e. The molecule has 1 fully saturated rings. The van der Waals surface area contributed by atoms with Crippen molar-refractivity contribution in [2.75, 3.05) is 6.54 Å². The maximum Gasteiger partial charge on any atom is 0.170 e. The van der Waals surface area contributed by atoms with Crippen molar-refractivity contribution in [3.8, 4) is 0 Å². The van der Waals surface area contributed by atoms with Crippen molar-refractivity contribution in [2.24, 2.45) is 11.3 Å². The lowest BCUT2D eigenvalue weighted by Gasteiger charge is -2.43. The van der Waals surface area contributed by atoms with Gasteiger partial charge in [-0.1, -0.05) is 45.9 Å². The van der Waals surface area contributed by atoms with Gasteiger partial charge in [0.2, 0.25) is 0 Å². The Morgan fingerprint density at radius 1 is 1.38 bits per heavy atom. The molecule has 0 radical (unpaired) electrons. The monoisotopic (exact) mass is 327 g/mol. The summed E-state index contributed by atoms with van der Waals surface area (Å²) in [6, 6.07) is 0.628. The molecule has 1 saturated carbocycles. The summed E-state index contributed by atoms with van der Waals surface area (Å²) in [7, 11) is 0. The molecule has 1 aliphatic rings. The van der Waals surface area contributed by atoms with Crippen molar-refractivity contribution in [1.82, 2.24) is 14.7 Å². The van der Waals surface area contributed by atoms with Crippen molar-refractivity contribution < 1.29 is 0 Å². The number of aromatic nitrogens is 2. The van der Waals surface area contributed by atoms with Gasteiger partial charge in [-0.3, -0.25) is 0 Å². The summed E-state index contributed by atoms with van der Waals surface area (Å²) < 4.78 is 5.27. The Morgan fingerprint density at radius 2 is 2.19 bits per heavy atom. The van der Waals surface area contributed by atoms with Crippen LogP contribution in [-0.2, 0) is 0 Å². The summed E-state index contributed by atoms with van der Waals surface area (Å²) in [6.07, 6.45) is 8.10. The number of nitrogens with zero attached hydrogens (tertiary/aromatic N) is 2. The van der Waals surface area contributed by atoms with Crippen LogP contribution in [0.15, 0.2) is 10.7 Å². The molecule has 0 aromatic carbocycles. The van der Waals surface area contributed by atoms with E-state index in [2.05, 4.69) is 42.4 Å². The number of nitrogens with one attached hydrogen (secondary N) is 1. The molecule has 0 spiro atoms. The largest absolute Gasteiger partial charge is 0.313 e. The van der Waals surface area contributed by atoms with E-state index in [0.29, 0.717) is 16.7 Å². The van der Waals surface area contributed by atoms with Crippen LogP contribution < -0.4 is 5.32 Å². The molecular formula is C16H29N3S2. The molecule has 3 unspecified atom stereocenters. The third kappa shape index (κ3) is 4.67. The first-order chi connectivity index (χ1) is 10.1. The predicted octanol–water partition coefficient (Wildman–Crippen LogP) is 4.60. The van der Waals surface area contributed by atoms with E-state index in [1.807, 2.05) is 11.8 Å². The first-order valence-corrected chi connectivity index (χ1v) is 9.88. The van der Waals surface area contributed by atoms with Crippen LogP contribution in [-0.4, -0.2) is 27.2 Å². The smallest absolute Gasteiger partial charge is 0.170 e. The molecule has 3 nitrogen and oxygen atoms in total. The lowest BCUT2D eigenvalue weighted by molar-refractivity contribution is 0.141. The van der Waals surface area contributed by atoms with Gasteiger partial charge in [-0.2, -0.15) is 4.37 Å². The minimum atomic E-state index is 0.454. The number of hydrogen-bond donors (Lipinski definition) is 1. The highest BCUT2D eigenvalue weighted by Crippen LogP contribution is 2.45. The average molecular weight is 328 g/mol. The van der Waals surface area contributed by atoms with E-state index in [1.165, 1.54) is 43.6 Å². The van der Waals surface area contributed by atoms with Crippen LogP contribution in [0.25, 0.3) is 0 Å². The van der Waals surface area contributed by atoms with Gasteiger partial charge in [-0.05, 0) is 55.1 Å². The Labute approximate surface area is 137 Å². The molecule has 0 amide bonds. The third-order valence-electron chi connectivity index (χ3n) is 5.06. The standard InChI is InChI=1S/C16H29N3S2/c1-5-9-17-13-8-7-12(16(3,4)6-2)10-14(13)20-15-18-11-19-21-15/h11-14,17H,5-10H2,1-4H3. The second kappa shape index (κ2) is 7.93. The van der Waals surface area contributed by atoms with Crippen molar-refractivity contribution >= 4 is 23.3 Å². The molecular weight excluding hydrogens is 298 g/mol. The van der Waals surface area contributed by atoms with Crippen LogP contribution >= 0.6 is 23.3 Å². The summed E-state index contributed by atoms with van der Waals surface area (Å²) in [4.78, 5) is 4.38. The molecule has 0 aliphatic heterocycles. The van der Waals surface area contributed by atoms with Crippen molar-refractivity contribution in [1.29, 1.82) is 0 Å². The van der Waals surface area contributed by atoms with E-state index in [1.54, 1.807) is 6.33 Å². The molecule has 21 heavy (non-hydrogen) atoms. The Morgan fingerprint density at radius 3 is 2.81 bits per heavy atom. The normalized spacial score (nSPS) is 27.0. The van der Waals surface area contributed by atoms with Gasteiger partial charge in [0.15, 0.2) is 4.34 Å². The second-order valence-corrected chi connectivity index (χ2v) is 9.04. The summed E-state index contributed by atoms with van der Waals surface area (Å²) in [5, 5.41) is 4.39. The topological polar surface area (TPSA) is 37.8 Å².